The van der Waals surface area contributed by atoms with Gasteiger partial charge >= 0.3 is 104 Å². The minimum atomic E-state index is -4.83. The van der Waals surface area contributed by atoms with Crippen molar-refractivity contribution < 1.29 is 42.7 Å². The number of hydrogen-bond acceptors (Lipinski definition) is 7. The van der Waals surface area contributed by atoms with Crippen LogP contribution in [0, 0.1) is 0 Å². The van der Waals surface area contributed by atoms with Crippen LogP contribution >= 0.6 is 15.8 Å². The van der Waals surface area contributed by atoms with Crippen molar-refractivity contribution in [2.75, 3.05) is 20.4 Å². The molecule has 0 heterocycles. The van der Waals surface area contributed by atoms with Crippen LogP contribution in [0.15, 0.2) is 0 Å². The fraction of sp³-hybridized carbons (Fsp3) is 0.857. The summed E-state index contributed by atoms with van der Waals surface area (Å²) in [6.45, 7) is 0.809. The summed E-state index contributed by atoms with van der Waals surface area (Å²) in [7, 11) is -6.98. The summed E-state index contributed by atoms with van der Waals surface area (Å²) in [5.74, 6) is 0. The second-order valence-electron chi connectivity index (χ2n) is 3.52. The van der Waals surface area contributed by atoms with E-state index in [4.69, 9.17) is 14.3 Å². The molecule has 0 aliphatic carbocycles. The number of aliphatic hydroxyl groups is 1. The van der Waals surface area contributed by atoms with E-state index in [1.165, 1.54) is 13.8 Å². The van der Waals surface area contributed by atoms with Gasteiger partial charge in [-0.3, -0.25) is 0 Å². The number of aldehydes is 1. The number of rotatable bonds is 9. The van der Waals surface area contributed by atoms with Crippen molar-refractivity contribution in [3.8, 4) is 0 Å². The number of phosphoric acid groups is 1. The van der Waals surface area contributed by atoms with Gasteiger partial charge in [0, 0.05) is 0 Å². The molecule has 2 unspecified atom stereocenters. The molecule has 110 valence electrons. The molecule has 0 bridgehead atoms. The molecule has 0 radical (unpaired) electrons. The summed E-state index contributed by atoms with van der Waals surface area (Å²) in [5, 5.41) is 9.57. The minimum absolute atomic E-state index is 0.343. The Balaban J connectivity index is 4.43. The van der Waals surface area contributed by atoms with E-state index in [2.05, 4.69) is 9.05 Å². The first kappa shape index (κ1) is 18.0. The summed E-state index contributed by atoms with van der Waals surface area (Å²) in [4.78, 5) is 36.9. The van der Waals surface area contributed by atoms with Crippen LogP contribution in [0.3, 0.4) is 0 Å². The summed E-state index contributed by atoms with van der Waals surface area (Å²) < 4.78 is 24.3. The van der Waals surface area contributed by atoms with Gasteiger partial charge in [-0.15, -0.1) is 0 Å². The Bertz CT molecular complexity index is 301. The van der Waals surface area contributed by atoms with E-state index in [1.807, 2.05) is 0 Å². The fourth-order valence-electron chi connectivity index (χ4n) is 0.948. The maximum atomic E-state index is 10.6. The van der Waals surface area contributed by atoms with E-state index in [-0.39, 0.29) is 0 Å². The topological polar surface area (TPSA) is 143 Å². The fourth-order valence-corrected chi connectivity index (χ4v) is 2.13. The third-order valence-electron chi connectivity index (χ3n) is 1.93. The van der Waals surface area contributed by atoms with Crippen LogP contribution in [-0.2, 0) is 22.9 Å². The molecule has 0 spiro atoms. The van der Waals surface area contributed by atoms with E-state index in [0.717, 1.165) is 0 Å². The summed E-state index contributed by atoms with van der Waals surface area (Å²) in [5.41, 5.74) is 0. The Morgan fingerprint density at radius 2 is 2.00 bits per heavy atom. The van der Waals surface area contributed by atoms with E-state index in [1.54, 1.807) is 0 Å². The van der Waals surface area contributed by atoms with Gasteiger partial charge in [-0.2, -0.15) is 0 Å². The van der Waals surface area contributed by atoms with Crippen LogP contribution in [0.2, 0.25) is 0 Å². The first-order chi connectivity index (χ1) is 8.11. The third kappa shape index (κ3) is 8.20. The monoisotopic (exact) mass is 308 g/mol. The van der Waals surface area contributed by atoms with Gasteiger partial charge in [0.05, 0.1) is 0 Å². The van der Waals surface area contributed by atoms with Gasteiger partial charge in [-0.25, -0.2) is 0 Å². The van der Waals surface area contributed by atoms with E-state index in [9.17, 15) is 19.4 Å². The number of carbonyl (C=O) groups is 1. The average Bonchev–Trinajstić information content (AvgIpc) is 2.24. The Labute approximate surface area is 105 Å². The molecule has 9 nitrogen and oxygen atoms in total. The Kier molecular flexibility index (Phi) is 7.61. The van der Waals surface area contributed by atoms with Gasteiger partial charge in [-0.05, 0) is 0 Å². The van der Waals surface area contributed by atoms with Crippen molar-refractivity contribution in [1.82, 2.24) is 0 Å². The SMILES string of the molecule is CO[PH](C)(O)OCC(O)C(CC=O)OP(=O)(O)O. The summed E-state index contributed by atoms with van der Waals surface area (Å²) in [6, 6.07) is 0. The van der Waals surface area contributed by atoms with Crippen molar-refractivity contribution in [2.45, 2.75) is 18.6 Å². The Morgan fingerprint density at radius 1 is 1.44 bits per heavy atom. The molecule has 18 heavy (non-hydrogen) atoms. The number of phosphoric ester groups is 1. The molecule has 0 aliphatic heterocycles. The molecule has 11 heteroatoms. The maximum absolute atomic E-state index is 10.6. The normalized spacial score (nSPS) is 17.2. The van der Waals surface area contributed by atoms with Crippen LogP contribution in [0.4, 0.5) is 0 Å². The van der Waals surface area contributed by atoms with Crippen molar-refractivity contribution in [1.29, 1.82) is 0 Å². The van der Waals surface area contributed by atoms with E-state index < -0.39 is 41.0 Å². The molecular formula is C7H18O9P2. The van der Waals surface area contributed by atoms with Gasteiger partial charge in [0.15, 0.2) is 0 Å². The molecule has 0 rings (SSSR count). The van der Waals surface area contributed by atoms with Crippen LogP contribution in [-0.4, -0.2) is 58.7 Å². The van der Waals surface area contributed by atoms with Gasteiger partial charge in [0.1, 0.15) is 0 Å². The quantitative estimate of drug-likeness (QED) is 0.318. The average molecular weight is 308 g/mol. The molecule has 0 amide bonds. The molecule has 0 aliphatic rings. The summed E-state index contributed by atoms with van der Waals surface area (Å²) in [6.07, 6.45) is -3.00. The van der Waals surface area contributed by atoms with Gasteiger partial charge in [-0.1, -0.05) is 0 Å². The van der Waals surface area contributed by atoms with E-state index >= 15 is 0 Å². The van der Waals surface area contributed by atoms with E-state index in [0.29, 0.717) is 6.29 Å². The van der Waals surface area contributed by atoms with Crippen LogP contribution < -0.4 is 0 Å². The van der Waals surface area contributed by atoms with Crippen molar-refractivity contribution >= 4 is 22.1 Å². The predicted molar refractivity (Wildman–Crippen MR) is 63.0 cm³/mol. The molecule has 0 saturated heterocycles. The molecule has 0 aromatic carbocycles. The van der Waals surface area contributed by atoms with Crippen molar-refractivity contribution in [3.63, 3.8) is 0 Å². The first-order valence-corrected chi connectivity index (χ1v) is 8.68. The van der Waals surface area contributed by atoms with Crippen molar-refractivity contribution in [3.05, 3.63) is 0 Å². The second-order valence-corrected chi connectivity index (χ2v) is 7.20. The van der Waals surface area contributed by atoms with Gasteiger partial charge in [0.25, 0.3) is 0 Å². The van der Waals surface area contributed by atoms with Gasteiger partial charge in [0.2, 0.25) is 0 Å². The molecule has 4 N–H and O–H groups in total. The predicted octanol–water partition coefficient (Wildman–Crippen LogP) is -0.806. The molecule has 0 aromatic heterocycles. The standard InChI is InChI=1S/C7H18O9P2/c1-14-17(2,10)15-5-6(9)7(3-4-8)16-18(11,12)13/h4,6-7,9-10,17H,3,5H2,1-2H3,(H2,11,12,13). The van der Waals surface area contributed by atoms with Crippen LogP contribution in [0.25, 0.3) is 0 Å². The first-order valence-electron chi connectivity index (χ1n) is 4.88. The van der Waals surface area contributed by atoms with Crippen LogP contribution in [0.5, 0.6) is 0 Å². The number of hydrogen-bond donors (Lipinski definition) is 4. The second kappa shape index (κ2) is 7.59. The molecular weight excluding hydrogens is 290 g/mol. The summed E-state index contributed by atoms with van der Waals surface area (Å²) >= 11 is 0. The number of aliphatic hydroxyl groups excluding tert-OH is 1. The molecule has 0 aromatic rings. The van der Waals surface area contributed by atoms with Crippen LogP contribution in [0.1, 0.15) is 6.42 Å². The van der Waals surface area contributed by atoms with Crippen molar-refractivity contribution in [2.24, 2.45) is 0 Å². The zero-order valence-corrected chi connectivity index (χ0v) is 11.8. The zero-order chi connectivity index (χ0) is 14.4. The third-order valence-corrected chi connectivity index (χ3v) is 3.94. The molecule has 0 fully saturated rings. The molecule has 2 atom stereocenters. The molecule has 0 saturated carbocycles. The zero-order valence-electron chi connectivity index (χ0n) is 9.92. The Hall–Kier alpha value is 0.0500. The van der Waals surface area contributed by atoms with Gasteiger partial charge < -0.3 is 0 Å². The Morgan fingerprint density at radius 3 is 2.39 bits per heavy atom. The number of carbonyl (C=O) groups excluding carboxylic acids is 1.